The number of carbonyl (C=O) groups excluding carboxylic acids is 4. The van der Waals surface area contributed by atoms with Gasteiger partial charge in [0.2, 0.25) is 21.8 Å². The lowest BCUT2D eigenvalue weighted by Crippen LogP contribution is -2.59. The Labute approximate surface area is 322 Å². The zero-order chi connectivity index (χ0) is 39.9. The van der Waals surface area contributed by atoms with Crippen molar-refractivity contribution < 1.29 is 41.8 Å². The highest BCUT2D eigenvalue weighted by atomic mass is 32.2. The molecule has 2 saturated carbocycles. The van der Waals surface area contributed by atoms with E-state index in [4.69, 9.17) is 14.2 Å². The monoisotopic (exact) mass is 782 g/mol. The molecule has 2 aromatic rings. The number of carbonyl (C=O) groups is 4. The van der Waals surface area contributed by atoms with Gasteiger partial charge in [0.15, 0.2) is 0 Å². The predicted octanol–water partition coefficient (Wildman–Crippen LogP) is 4.16. The van der Waals surface area contributed by atoms with E-state index in [-0.39, 0.29) is 31.2 Å². The molecule has 1 aromatic heterocycles. The van der Waals surface area contributed by atoms with E-state index in [0.717, 1.165) is 6.42 Å². The first-order valence-corrected chi connectivity index (χ1v) is 20.7. The number of nitrogens with zero attached hydrogens (tertiary/aromatic N) is 3. The molecule has 1 saturated heterocycles. The maximum Gasteiger partial charge on any atom is 0.408 e. The van der Waals surface area contributed by atoms with Crippen LogP contribution < -0.4 is 24.8 Å². The van der Waals surface area contributed by atoms with Gasteiger partial charge in [0.1, 0.15) is 46.3 Å². The summed E-state index contributed by atoms with van der Waals surface area (Å²) in [5.74, 6) is -1.53. The number of allylic oxidation sites excluding steroid dienone is 1. The second kappa shape index (κ2) is 15.2. The van der Waals surface area contributed by atoms with Gasteiger partial charge in [-0.05, 0) is 90.2 Å². The van der Waals surface area contributed by atoms with Crippen molar-refractivity contribution in [2.24, 2.45) is 17.8 Å². The van der Waals surface area contributed by atoms with Crippen LogP contribution in [0.3, 0.4) is 0 Å². The Kier molecular flexibility index (Phi) is 11.1. The largest absolute Gasteiger partial charge is 0.497 e. The molecule has 1 aromatic carbocycles. The van der Waals surface area contributed by atoms with E-state index in [9.17, 15) is 27.6 Å². The van der Waals surface area contributed by atoms with Crippen molar-refractivity contribution in [2.75, 3.05) is 13.7 Å². The molecule has 7 atom stereocenters. The molecule has 300 valence electrons. The molecule has 0 spiro atoms. The molecule has 55 heavy (non-hydrogen) atoms. The summed E-state index contributed by atoms with van der Waals surface area (Å²) in [6.45, 7) is 10.8. The molecule has 7 unspecified atom stereocenters. The van der Waals surface area contributed by atoms with Crippen molar-refractivity contribution in [3.05, 3.63) is 36.5 Å². The second-order valence-electron chi connectivity index (χ2n) is 16.9. The number of sulfonamides is 1. The van der Waals surface area contributed by atoms with Gasteiger partial charge in [-0.15, -0.1) is 0 Å². The summed E-state index contributed by atoms with van der Waals surface area (Å²) in [6.07, 6.45) is 7.59. The third kappa shape index (κ3) is 8.68. The van der Waals surface area contributed by atoms with Gasteiger partial charge in [-0.25, -0.2) is 13.2 Å². The van der Waals surface area contributed by atoms with Crippen molar-refractivity contribution in [3.63, 3.8) is 0 Å². The minimum absolute atomic E-state index is 0.0232. The van der Waals surface area contributed by atoms with Gasteiger partial charge in [-0.1, -0.05) is 32.4 Å². The standard InChI is InChI=1S/C39H54N6O9S/c1-8-24-17-23(2)11-9-10-12-25-20-39(25,35(48)44-55(50,51)38(6)15-16-38)42-33(46)30-19-27(22-45(30)34(47)32(24)41-36(49)54-37(3,4)5)53-31-21-40-43-29-18-26(52-7)13-14-28(29)31/h10,12-14,18,21,23-25,27,30,32H,8-9,11,15-17,19-20,22H2,1-7H3,(H,41,49)(H,42,46)(H,44,48). The first-order valence-electron chi connectivity index (χ1n) is 19.2. The number of aromatic nitrogens is 2. The normalized spacial score (nSPS) is 29.5. The Hall–Kier alpha value is -4.47. The molecule has 4 aliphatic rings. The molecule has 3 N–H and O–H groups in total. The van der Waals surface area contributed by atoms with E-state index in [2.05, 4.69) is 32.5 Å². The highest BCUT2D eigenvalue weighted by molar-refractivity contribution is 7.91. The Morgan fingerprint density at radius 1 is 1.15 bits per heavy atom. The van der Waals surface area contributed by atoms with E-state index < -0.39 is 73.8 Å². The summed E-state index contributed by atoms with van der Waals surface area (Å²) in [5, 5.41) is 14.7. The quantitative estimate of drug-likeness (QED) is 0.326. The van der Waals surface area contributed by atoms with Crippen LogP contribution in [-0.4, -0.2) is 95.1 Å². The fourth-order valence-electron chi connectivity index (χ4n) is 7.67. The van der Waals surface area contributed by atoms with Gasteiger partial charge in [0, 0.05) is 23.8 Å². The predicted molar refractivity (Wildman–Crippen MR) is 203 cm³/mol. The number of fused-ring (bicyclic) bond motifs is 3. The molecule has 0 radical (unpaired) electrons. The number of ether oxygens (including phenoxy) is 3. The van der Waals surface area contributed by atoms with Gasteiger partial charge in [-0.2, -0.15) is 10.2 Å². The summed E-state index contributed by atoms with van der Waals surface area (Å²) in [7, 11) is -2.45. The summed E-state index contributed by atoms with van der Waals surface area (Å²) in [6, 6.07) is 3.10. The number of benzene rings is 1. The minimum Gasteiger partial charge on any atom is -0.497 e. The summed E-state index contributed by atoms with van der Waals surface area (Å²) in [5.41, 5.74) is -1.83. The molecule has 2 aliphatic heterocycles. The lowest BCUT2D eigenvalue weighted by atomic mass is 9.85. The van der Waals surface area contributed by atoms with Crippen LogP contribution in [0, 0.1) is 17.8 Å². The molecule has 2 aliphatic carbocycles. The third-order valence-electron chi connectivity index (χ3n) is 11.4. The van der Waals surface area contributed by atoms with E-state index in [1.807, 2.05) is 19.1 Å². The van der Waals surface area contributed by atoms with Crippen LogP contribution in [0.5, 0.6) is 11.5 Å². The van der Waals surface area contributed by atoms with Crippen LogP contribution in [0.2, 0.25) is 0 Å². The Morgan fingerprint density at radius 2 is 1.89 bits per heavy atom. The molecular weight excluding hydrogens is 729 g/mol. The van der Waals surface area contributed by atoms with Crippen LogP contribution in [0.15, 0.2) is 36.5 Å². The summed E-state index contributed by atoms with van der Waals surface area (Å²) < 4.78 is 45.0. The van der Waals surface area contributed by atoms with Gasteiger partial charge in [0.05, 0.1) is 24.6 Å². The van der Waals surface area contributed by atoms with Crippen LogP contribution in [0.1, 0.15) is 92.9 Å². The van der Waals surface area contributed by atoms with E-state index in [1.54, 1.807) is 53.0 Å². The van der Waals surface area contributed by atoms with Crippen molar-refractivity contribution in [1.29, 1.82) is 0 Å². The zero-order valence-electron chi connectivity index (χ0n) is 32.7. The fourth-order valence-corrected chi connectivity index (χ4v) is 8.98. The highest BCUT2D eigenvalue weighted by Gasteiger charge is 2.63. The number of amides is 4. The van der Waals surface area contributed by atoms with Crippen molar-refractivity contribution in [1.82, 2.24) is 30.5 Å². The highest BCUT2D eigenvalue weighted by Crippen LogP contribution is 2.47. The number of rotatable bonds is 8. The topological polar surface area (TPSA) is 195 Å². The summed E-state index contributed by atoms with van der Waals surface area (Å²) in [4.78, 5) is 58.1. The third-order valence-corrected chi connectivity index (χ3v) is 13.5. The van der Waals surface area contributed by atoms with E-state index in [1.165, 1.54) is 11.1 Å². The van der Waals surface area contributed by atoms with Crippen LogP contribution in [-0.2, 0) is 29.1 Å². The Balaban J connectivity index is 1.36. The van der Waals surface area contributed by atoms with Crippen molar-refractivity contribution in [3.8, 4) is 11.5 Å². The van der Waals surface area contributed by atoms with Gasteiger partial charge in [0.25, 0.3) is 5.91 Å². The van der Waals surface area contributed by atoms with Crippen LogP contribution in [0.25, 0.3) is 10.9 Å². The summed E-state index contributed by atoms with van der Waals surface area (Å²) >= 11 is 0. The number of hydrogen-bond acceptors (Lipinski definition) is 11. The number of nitrogens with one attached hydrogen (secondary N) is 3. The maximum atomic E-state index is 14.9. The molecular formula is C39H54N6O9S. The van der Waals surface area contributed by atoms with Crippen molar-refractivity contribution in [2.45, 2.75) is 127 Å². The zero-order valence-corrected chi connectivity index (χ0v) is 33.5. The molecule has 3 heterocycles. The Morgan fingerprint density at radius 3 is 2.56 bits per heavy atom. The molecule has 0 bridgehead atoms. The molecule has 6 rings (SSSR count). The lowest BCUT2D eigenvalue weighted by molar-refractivity contribution is -0.142. The SMILES string of the molecule is CCC1CC(C)CCC=CC2CC2(C(=O)NS(=O)(=O)C2(C)CC2)NC(=O)C2CC(Oc3cnnc4cc(OC)ccc34)CN2C(=O)C1NC(=O)OC(C)(C)C. The Bertz CT molecular complexity index is 1960. The molecule has 16 heteroatoms. The van der Waals surface area contributed by atoms with E-state index >= 15 is 0 Å². The first kappa shape index (κ1) is 40.2. The fraction of sp³-hybridized carbons (Fsp3) is 0.641. The van der Waals surface area contributed by atoms with E-state index in [0.29, 0.717) is 54.5 Å². The second-order valence-corrected chi connectivity index (χ2v) is 19.1. The number of hydrogen-bond donors (Lipinski definition) is 3. The molecule has 15 nitrogen and oxygen atoms in total. The average Bonchev–Trinajstić information content (AvgIpc) is 4.00. The lowest BCUT2D eigenvalue weighted by Gasteiger charge is -2.34. The van der Waals surface area contributed by atoms with Crippen LogP contribution in [0.4, 0.5) is 4.79 Å². The molecule has 4 amide bonds. The van der Waals surface area contributed by atoms with Crippen LogP contribution >= 0.6 is 0 Å². The smallest absolute Gasteiger partial charge is 0.408 e. The number of methoxy groups -OCH3 is 1. The van der Waals surface area contributed by atoms with Crippen molar-refractivity contribution >= 4 is 44.7 Å². The minimum atomic E-state index is -4.00. The molecule has 3 fully saturated rings. The van der Waals surface area contributed by atoms with Gasteiger partial charge in [-0.3, -0.25) is 19.1 Å². The van der Waals surface area contributed by atoms with Gasteiger partial charge < -0.3 is 29.7 Å². The van der Waals surface area contributed by atoms with Gasteiger partial charge >= 0.3 is 6.09 Å². The first-order chi connectivity index (χ1) is 25.9. The number of alkyl carbamates (subject to hydrolysis) is 1. The average molecular weight is 783 g/mol. The maximum absolute atomic E-state index is 14.9.